The van der Waals surface area contributed by atoms with Crippen LogP contribution in [0.25, 0.3) is 0 Å². The van der Waals surface area contributed by atoms with Gasteiger partial charge in [-0.3, -0.25) is 4.79 Å². The molecule has 0 saturated carbocycles. The van der Waals surface area contributed by atoms with Crippen molar-refractivity contribution in [1.29, 1.82) is 0 Å². The highest BCUT2D eigenvalue weighted by Gasteiger charge is 2.26. The highest BCUT2D eigenvalue weighted by Crippen LogP contribution is 2.26. The number of hydrogen-bond acceptors (Lipinski definition) is 3. The Labute approximate surface area is 102 Å². The molecule has 0 aliphatic rings. The van der Waals surface area contributed by atoms with Gasteiger partial charge in [0.25, 0.3) is 0 Å². The fourth-order valence-electron chi connectivity index (χ4n) is 1.35. The maximum atomic E-state index is 12.0. The van der Waals surface area contributed by atoms with Crippen LogP contribution in [0.2, 0.25) is 0 Å². The minimum absolute atomic E-state index is 0.205. The number of benzene rings is 1. The molecule has 1 rings (SSSR count). The highest BCUT2D eigenvalue weighted by atomic mass is 16.5. The van der Waals surface area contributed by atoms with Gasteiger partial charge >= 0.3 is 0 Å². The lowest BCUT2D eigenvalue weighted by atomic mass is 9.99. The quantitative estimate of drug-likeness (QED) is 0.841. The van der Waals surface area contributed by atoms with Crippen molar-refractivity contribution in [2.24, 2.45) is 5.73 Å². The van der Waals surface area contributed by atoms with E-state index in [1.165, 1.54) is 0 Å². The lowest BCUT2D eigenvalue weighted by Gasteiger charge is -2.22. The van der Waals surface area contributed by atoms with Gasteiger partial charge in [0.15, 0.2) is 0 Å². The molecule has 17 heavy (non-hydrogen) atoms. The van der Waals surface area contributed by atoms with Gasteiger partial charge in [0.1, 0.15) is 5.75 Å². The fraction of sp³-hybridized carbons (Fsp3) is 0.462. The van der Waals surface area contributed by atoms with Crippen LogP contribution in [0.15, 0.2) is 18.2 Å². The van der Waals surface area contributed by atoms with E-state index >= 15 is 0 Å². The van der Waals surface area contributed by atoms with E-state index in [2.05, 4.69) is 5.32 Å². The highest BCUT2D eigenvalue weighted by molar-refractivity contribution is 5.98. The summed E-state index contributed by atoms with van der Waals surface area (Å²) in [5, 5.41) is 2.80. The van der Waals surface area contributed by atoms with Gasteiger partial charge in [0.05, 0.1) is 18.3 Å². The Hall–Kier alpha value is -1.55. The van der Waals surface area contributed by atoms with E-state index in [1.54, 1.807) is 14.0 Å². The standard InChI is InChI=1S/C13H20N2O2/c1-5-13(3,14)12(16)15-10-8-9(2)6-7-11(10)17-4/h6-8H,5,14H2,1-4H3,(H,15,16). The van der Waals surface area contributed by atoms with Crippen LogP contribution < -0.4 is 15.8 Å². The average molecular weight is 236 g/mol. The molecule has 0 aromatic heterocycles. The Morgan fingerprint density at radius 2 is 2.18 bits per heavy atom. The summed E-state index contributed by atoms with van der Waals surface area (Å²) in [6.45, 7) is 5.55. The monoisotopic (exact) mass is 236 g/mol. The van der Waals surface area contributed by atoms with E-state index < -0.39 is 5.54 Å². The molecule has 4 heteroatoms. The van der Waals surface area contributed by atoms with Crippen LogP contribution in [-0.4, -0.2) is 18.6 Å². The third-order valence-corrected chi connectivity index (χ3v) is 2.86. The lowest BCUT2D eigenvalue weighted by Crippen LogP contribution is -2.47. The van der Waals surface area contributed by atoms with Crippen molar-refractivity contribution < 1.29 is 9.53 Å². The van der Waals surface area contributed by atoms with Crippen molar-refractivity contribution in [1.82, 2.24) is 0 Å². The molecule has 0 bridgehead atoms. The van der Waals surface area contributed by atoms with Crippen molar-refractivity contribution >= 4 is 11.6 Å². The molecule has 3 N–H and O–H groups in total. The molecule has 4 nitrogen and oxygen atoms in total. The number of hydrogen-bond donors (Lipinski definition) is 2. The Balaban J connectivity index is 2.95. The number of anilines is 1. The second-order valence-electron chi connectivity index (χ2n) is 4.43. The van der Waals surface area contributed by atoms with Gasteiger partial charge in [0.2, 0.25) is 5.91 Å². The summed E-state index contributed by atoms with van der Waals surface area (Å²) in [6.07, 6.45) is 0.576. The van der Waals surface area contributed by atoms with Gasteiger partial charge in [-0.15, -0.1) is 0 Å². The van der Waals surface area contributed by atoms with E-state index in [1.807, 2.05) is 32.0 Å². The average Bonchev–Trinajstić information content (AvgIpc) is 2.29. The molecule has 0 spiro atoms. The topological polar surface area (TPSA) is 64.4 Å². The van der Waals surface area contributed by atoms with Crippen molar-refractivity contribution in [2.75, 3.05) is 12.4 Å². The van der Waals surface area contributed by atoms with Gasteiger partial charge in [-0.2, -0.15) is 0 Å². The zero-order valence-electron chi connectivity index (χ0n) is 10.8. The third-order valence-electron chi connectivity index (χ3n) is 2.86. The Bertz CT molecular complexity index is 414. The van der Waals surface area contributed by atoms with Crippen molar-refractivity contribution in [3.8, 4) is 5.75 Å². The van der Waals surface area contributed by atoms with Crippen LogP contribution in [-0.2, 0) is 4.79 Å². The lowest BCUT2D eigenvalue weighted by molar-refractivity contribution is -0.120. The maximum Gasteiger partial charge on any atom is 0.244 e. The molecule has 0 radical (unpaired) electrons. The molecule has 1 aromatic rings. The van der Waals surface area contributed by atoms with Gasteiger partial charge in [-0.25, -0.2) is 0 Å². The number of carbonyl (C=O) groups is 1. The number of amides is 1. The largest absolute Gasteiger partial charge is 0.495 e. The summed E-state index contributed by atoms with van der Waals surface area (Å²) < 4.78 is 5.19. The minimum atomic E-state index is -0.866. The zero-order valence-corrected chi connectivity index (χ0v) is 10.8. The second kappa shape index (κ2) is 5.19. The zero-order chi connectivity index (χ0) is 13.1. The summed E-state index contributed by atoms with van der Waals surface area (Å²) >= 11 is 0. The molecule has 0 aliphatic heterocycles. The molecule has 1 unspecified atom stereocenters. The molecular formula is C13H20N2O2. The smallest absolute Gasteiger partial charge is 0.244 e. The maximum absolute atomic E-state index is 12.0. The Morgan fingerprint density at radius 3 is 2.71 bits per heavy atom. The number of nitrogens with one attached hydrogen (secondary N) is 1. The number of carbonyl (C=O) groups excluding carboxylic acids is 1. The summed E-state index contributed by atoms with van der Waals surface area (Å²) in [5.74, 6) is 0.430. The number of aryl methyl sites for hydroxylation is 1. The van der Waals surface area contributed by atoms with Crippen LogP contribution in [0.1, 0.15) is 25.8 Å². The number of methoxy groups -OCH3 is 1. The SMILES string of the molecule is CCC(C)(N)C(=O)Nc1cc(C)ccc1OC. The third kappa shape index (κ3) is 3.20. The summed E-state index contributed by atoms with van der Waals surface area (Å²) in [6, 6.07) is 5.61. The van der Waals surface area contributed by atoms with E-state index in [-0.39, 0.29) is 5.91 Å². The molecule has 0 aliphatic carbocycles. The molecule has 0 fully saturated rings. The Morgan fingerprint density at radius 1 is 1.53 bits per heavy atom. The van der Waals surface area contributed by atoms with E-state index in [4.69, 9.17) is 10.5 Å². The molecule has 1 atom stereocenters. The van der Waals surface area contributed by atoms with Crippen molar-refractivity contribution in [3.63, 3.8) is 0 Å². The summed E-state index contributed by atoms with van der Waals surface area (Å²) in [7, 11) is 1.57. The van der Waals surface area contributed by atoms with Gasteiger partial charge in [-0.05, 0) is 38.0 Å². The van der Waals surface area contributed by atoms with Crippen LogP contribution in [0.4, 0.5) is 5.69 Å². The first-order valence-electron chi connectivity index (χ1n) is 5.65. The predicted molar refractivity (Wildman–Crippen MR) is 69.2 cm³/mol. The summed E-state index contributed by atoms with van der Waals surface area (Å²) in [4.78, 5) is 12.0. The van der Waals surface area contributed by atoms with Crippen LogP contribution in [0, 0.1) is 6.92 Å². The predicted octanol–water partition coefficient (Wildman–Crippen LogP) is 2.07. The second-order valence-corrected chi connectivity index (χ2v) is 4.43. The van der Waals surface area contributed by atoms with Gasteiger partial charge < -0.3 is 15.8 Å². The minimum Gasteiger partial charge on any atom is -0.495 e. The normalized spacial score (nSPS) is 13.9. The number of ether oxygens (including phenoxy) is 1. The first kappa shape index (κ1) is 13.5. The number of nitrogens with two attached hydrogens (primary N) is 1. The molecular weight excluding hydrogens is 216 g/mol. The van der Waals surface area contributed by atoms with E-state index in [0.29, 0.717) is 17.9 Å². The summed E-state index contributed by atoms with van der Waals surface area (Å²) in [5.41, 5.74) is 6.73. The molecule has 0 saturated heterocycles. The van der Waals surface area contributed by atoms with Crippen molar-refractivity contribution in [3.05, 3.63) is 23.8 Å². The van der Waals surface area contributed by atoms with Gasteiger partial charge in [0, 0.05) is 0 Å². The Kier molecular flexibility index (Phi) is 4.12. The fourth-order valence-corrected chi connectivity index (χ4v) is 1.35. The first-order valence-corrected chi connectivity index (χ1v) is 5.65. The van der Waals surface area contributed by atoms with Crippen molar-refractivity contribution in [2.45, 2.75) is 32.7 Å². The number of rotatable bonds is 4. The van der Waals surface area contributed by atoms with Crippen LogP contribution >= 0.6 is 0 Å². The van der Waals surface area contributed by atoms with Crippen LogP contribution in [0.3, 0.4) is 0 Å². The molecule has 0 heterocycles. The molecule has 1 aromatic carbocycles. The van der Waals surface area contributed by atoms with Gasteiger partial charge in [-0.1, -0.05) is 13.0 Å². The molecule has 1 amide bonds. The first-order chi connectivity index (χ1) is 7.90. The molecule has 94 valence electrons. The van der Waals surface area contributed by atoms with E-state index in [0.717, 1.165) is 5.56 Å². The van der Waals surface area contributed by atoms with E-state index in [9.17, 15) is 4.79 Å². The van der Waals surface area contributed by atoms with Crippen LogP contribution in [0.5, 0.6) is 5.75 Å².